The molecule has 0 saturated carbocycles. The fourth-order valence-corrected chi connectivity index (χ4v) is 14.5. The lowest BCUT2D eigenvalue weighted by atomic mass is 9.68. The average molecular weight is 1120 g/mol. The SMILES string of the molecule is C=C1/C=C\C=C/CC2(c3ccccc31)c1ccccc1-c1c2ccc2c3cc(-c4ccc5c(c4)c4ccccc4n5-c4cccc(-c5cc(-c6ccccc6)cc(-c6ccccc6)c5)c4)ccc3n(-c3cc(-c4ccccc4)nc(-c4ccccc4)c3)c12. The minimum atomic E-state index is -0.494. The predicted molar refractivity (Wildman–Crippen MR) is 369 cm³/mol. The molecule has 0 fully saturated rings. The number of allylic oxidation sites excluding steroid dienone is 5. The summed E-state index contributed by atoms with van der Waals surface area (Å²) >= 11 is 0. The van der Waals surface area contributed by atoms with Crippen LogP contribution in [0.1, 0.15) is 28.7 Å². The molecule has 0 N–H and O–H groups in total. The van der Waals surface area contributed by atoms with Gasteiger partial charge in [-0.3, -0.25) is 0 Å². The van der Waals surface area contributed by atoms with Gasteiger partial charge in [-0.05, 0) is 157 Å². The van der Waals surface area contributed by atoms with Crippen LogP contribution in [-0.4, -0.2) is 14.1 Å². The number of para-hydroxylation sites is 1. The van der Waals surface area contributed by atoms with Gasteiger partial charge in [-0.1, -0.05) is 255 Å². The minimum absolute atomic E-state index is 0.494. The van der Waals surface area contributed by atoms with Crippen LogP contribution in [0.5, 0.6) is 0 Å². The number of hydrogen-bond acceptors (Lipinski definition) is 1. The molecule has 15 aromatic rings. The Morgan fingerprint density at radius 3 is 1.47 bits per heavy atom. The van der Waals surface area contributed by atoms with Crippen LogP contribution in [0.2, 0.25) is 0 Å². The first kappa shape index (κ1) is 51.1. The molecule has 412 valence electrons. The topological polar surface area (TPSA) is 22.8 Å². The van der Waals surface area contributed by atoms with Crippen LogP contribution in [0.15, 0.2) is 328 Å². The molecule has 3 heterocycles. The van der Waals surface area contributed by atoms with Gasteiger partial charge in [-0.15, -0.1) is 0 Å². The van der Waals surface area contributed by atoms with Crippen molar-refractivity contribution in [2.75, 3.05) is 0 Å². The van der Waals surface area contributed by atoms with E-state index in [1.54, 1.807) is 0 Å². The number of rotatable bonds is 8. The van der Waals surface area contributed by atoms with E-state index in [0.717, 1.165) is 73.6 Å². The third-order valence-electron chi connectivity index (χ3n) is 18.5. The number of aromatic nitrogens is 3. The van der Waals surface area contributed by atoms with Crippen LogP contribution in [0.4, 0.5) is 0 Å². The third-order valence-corrected chi connectivity index (χ3v) is 18.5. The van der Waals surface area contributed by atoms with Crippen molar-refractivity contribution in [3.05, 3.63) is 350 Å². The Kier molecular flexibility index (Phi) is 12.0. The quantitative estimate of drug-likeness (QED) is 0.149. The summed E-state index contributed by atoms with van der Waals surface area (Å²) < 4.78 is 4.99. The van der Waals surface area contributed by atoms with Crippen LogP contribution in [-0.2, 0) is 5.41 Å². The molecule has 3 heteroatoms. The molecule has 0 aliphatic heterocycles. The zero-order valence-corrected chi connectivity index (χ0v) is 48.4. The number of nitrogens with zero attached hydrogens (tertiary/aromatic N) is 3. The maximum atomic E-state index is 5.41. The second-order valence-electron chi connectivity index (χ2n) is 23.5. The summed E-state index contributed by atoms with van der Waals surface area (Å²) in [4.78, 5) is 5.41. The summed E-state index contributed by atoms with van der Waals surface area (Å²) in [5.74, 6) is 0. The second kappa shape index (κ2) is 20.7. The molecule has 2 aliphatic rings. The van der Waals surface area contributed by atoms with Crippen molar-refractivity contribution in [2.24, 2.45) is 0 Å². The van der Waals surface area contributed by atoms with Gasteiger partial charge in [0.25, 0.3) is 0 Å². The first-order valence-corrected chi connectivity index (χ1v) is 30.4. The van der Waals surface area contributed by atoms with Crippen molar-refractivity contribution < 1.29 is 0 Å². The van der Waals surface area contributed by atoms with Crippen molar-refractivity contribution in [2.45, 2.75) is 11.8 Å². The molecule has 3 aromatic heterocycles. The highest BCUT2D eigenvalue weighted by atomic mass is 15.0. The van der Waals surface area contributed by atoms with E-state index in [1.807, 2.05) is 0 Å². The van der Waals surface area contributed by atoms with Crippen molar-refractivity contribution in [1.29, 1.82) is 0 Å². The zero-order valence-electron chi connectivity index (χ0n) is 48.4. The highest BCUT2D eigenvalue weighted by Crippen LogP contribution is 2.59. The van der Waals surface area contributed by atoms with E-state index in [9.17, 15) is 0 Å². The van der Waals surface area contributed by atoms with Gasteiger partial charge in [0.05, 0.1) is 44.6 Å². The summed E-state index contributed by atoms with van der Waals surface area (Å²) in [6.07, 6.45) is 9.63. The van der Waals surface area contributed by atoms with Gasteiger partial charge in [0, 0.05) is 43.9 Å². The van der Waals surface area contributed by atoms with Crippen molar-refractivity contribution >= 4 is 49.2 Å². The predicted octanol–water partition coefficient (Wildman–Crippen LogP) is 22.1. The third kappa shape index (κ3) is 8.23. The Morgan fingerprint density at radius 2 is 0.818 bits per heavy atom. The molecule has 2 aliphatic carbocycles. The van der Waals surface area contributed by atoms with Gasteiger partial charge in [0.15, 0.2) is 0 Å². The van der Waals surface area contributed by atoms with E-state index in [-0.39, 0.29) is 0 Å². The van der Waals surface area contributed by atoms with Gasteiger partial charge in [0.2, 0.25) is 0 Å². The zero-order chi connectivity index (χ0) is 58.3. The Morgan fingerprint density at radius 1 is 0.318 bits per heavy atom. The molecule has 12 aromatic carbocycles. The molecule has 1 spiro atoms. The fraction of sp³-hybridized carbons (Fsp3) is 0.0235. The summed E-state index contributed by atoms with van der Waals surface area (Å²) in [6, 6.07) is 109. The lowest BCUT2D eigenvalue weighted by Crippen LogP contribution is -2.27. The fourth-order valence-electron chi connectivity index (χ4n) is 14.5. The summed E-state index contributed by atoms with van der Waals surface area (Å²) in [5, 5.41) is 4.80. The molecule has 0 amide bonds. The van der Waals surface area contributed by atoms with Crippen LogP contribution in [0.3, 0.4) is 0 Å². The molecule has 0 saturated heterocycles. The van der Waals surface area contributed by atoms with Crippen LogP contribution >= 0.6 is 0 Å². The largest absolute Gasteiger partial charge is 0.309 e. The van der Waals surface area contributed by atoms with E-state index in [4.69, 9.17) is 4.98 Å². The maximum absolute atomic E-state index is 5.41. The first-order chi connectivity index (χ1) is 43.5. The molecular formula is C85H57N3. The van der Waals surface area contributed by atoms with Gasteiger partial charge in [-0.2, -0.15) is 0 Å². The summed E-state index contributed by atoms with van der Waals surface area (Å²) in [6.45, 7) is 4.65. The van der Waals surface area contributed by atoms with E-state index in [0.29, 0.717) is 0 Å². The normalized spacial score (nSPS) is 15.0. The monoisotopic (exact) mass is 1120 g/mol. The number of benzene rings is 12. The average Bonchev–Trinajstić information content (AvgIpc) is 1.54. The smallest absolute Gasteiger partial charge is 0.0730 e. The lowest BCUT2D eigenvalue weighted by Gasteiger charge is -2.34. The molecule has 3 nitrogen and oxygen atoms in total. The maximum Gasteiger partial charge on any atom is 0.0730 e. The Hall–Kier alpha value is -11.4. The summed E-state index contributed by atoms with van der Waals surface area (Å²) in [7, 11) is 0. The standard InChI is InChI=1S/C85H57N3/c1-56-24-7-6-22-47-85(75-38-19-16-35-69(56)75)76-39-20-17-37-72(76)83-77(85)44-43-71-74-53-63(42-46-82(74)88(84(71)83)68-54-78(59-29-12-4-13-30-59)86-79(55-68)60-31-14-5-15-32-60)62-41-45-81-73(52-62)70-36-18-21-40-80(70)87(81)67-34-23-33-61(51-67)66-49-64(57-25-8-2-9-26-57)48-65(50-66)58-27-10-3-11-28-58/h2-46,48-55H,1,47H2/b22-6-,24-7-. The molecule has 0 radical (unpaired) electrons. The van der Waals surface area contributed by atoms with Gasteiger partial charge in [0.1, 0.15) is 0 Å². The van der Waals surface area contributed by atoms with E-state index < -0.39 is 5.41 Å². The Labute approximate surface area is 512 Å². The van der Waals surface area contributed by atoms with Gasteiger partial charge in [-0.25, -0.2) is 4.98 Å². The van der Waals surface area contributed by atoms with Crippen LogP contribution in [0, 0.1) is 0 Å². The van der Waals surface area contributed by atoms with E-state index in [1.165, 1.54) is 93.8 Å². The van der Waals surface area contributed by atoms with E-state index >= 15 is 0 Å². The first-order valence-electron chi connectivity index (χ1n) is 30.4. The highest BCUT2D eigenvalue weighted by molar-refractivity contribution is 6.17. The molecule has 1 unspecified atom stereocenters. The molecule has 0 bridgehead atoms. The summed E-state index contributed by atoms with van der Waals surface area (Å²) in [5.41, 5.74) is 28.3. The number of pyridine rings is 1. The molecule has 17 rings (SSSR count). The highest BCUT2D eigenvalue weighted by Gasteiger charge is 2.46. The Balaban J connectivity index is 0.871. The second-order valence-corrected chi connectivity index (χ2v) is 23.5. The lowest BCUT2D eigenvalue weighted by molar-refractivity contribution is 0.644. The van der Waals surface area contributed by atoms with Crippen molar-refractivity contribution in [3.8, 4) is 89.5 Å². The van der Waals surface area contributed by atoms with Crippen molar-refractivity contribution in [3.63, 3.8) is 0 Å². The minimum Gasteiger partial charge on any atom is -0.309 e. The molecule has 1 atom stereocenters. The molecular weight excluding hydrogens is 1060 g/mol. The van der Waals surface area contributed by atoms with Gasteiger partial charge >= 0.3 is 0 Å². The van der Waals surface area contributed by atoms with Crippen molar-refractivity contribution in [1.82, 2.24) is 14.1 Å². The molecule has 88 heavy (non-hydrogen) atoms. The Bertz CT molecular complexity index is 5240. The van der Waals surface area contributed by atoms with Crippen LogP contribution in [0.25, 0.3) is 139 Å². The van der Waals surface area contributed by atoms with Crippen LogP contribution < -0.4 is 0 Å². The van der Waals surface area contributed by atoms with E-state index in [2.05, 4.69) is 337 Å². The van der Waals surface area contributed by atoms with Gasteiger partial charge < -0.3 is 9.13 Å². The number of hydrogen-bond donors (Lipinski definition) is 0. The number of fused-ring (bicyclic) bond motifs is 14.